The molecule has 3 rings (SSSR count). The predicted octanol–water partition coefficient (Wildman–Crippen LogP) is 0.151. The van der Waals surface area contributed by atoms with Gasteiger partial charge in [0.15, 0.2) is 0 Å². The highest BCUT2D eigenvalue weighted by atomic mass is 127. The lowest BCUT2D eigenvalue weighted by Crippen LogP contribution is -2.65. The normalized spacial score (nSPS) is 30.2. The number of nitrogens with one attached hydrogen (secondary N) is 2. The van der Waals surface area contributed by atoms with E-state index in [1.807, 2.05) is 6.92 Å². The molecule has 0 saturated carbocycles. The van der Waals surface area contributed by atoms with Crippen LogP contribution < -0.4 is 16.4 Å². The highest BCUT2D eigenvalue weighted by molar-refractivity contribution is 14.1. The topological polar surface area (TPSA) is 137 Å². The molecule has 2 amide bonds. The van der Waals surface area contributed by atoms with Crippen LogP contribution in [-0.2, 0) is 19.1 Å². The molecular weight excluding hydrogens is 561 g/mol. The number of hydrogen-bond donors (Lipinski definition) is 4. The molecule has 5 unspecified atom stereocenters. The summed E-state index contributed by atoms with van der Waals surface area (Å²) in [5.41, 5.74) is 6.48. The number of halogens is 1. The number of ether oxygens (including phenoxy) is 1. The zero-order chi connectivity index (χ0) is 24.4. The van der Waals surface area contributed by atoms with Crippen LogP contribution in [0.1, 0.15) is 13.3 Å². The van der Waals surface area contributed by atoms with Crippen LogP contribution in [0.2, 0.25) is 0 Å². The van der Waals surface area contributed by atoms with Crippen LogP contribution in [0.15, 0.2) is 22.5 Å². The molecule has 2 saturated heterocycles. The summed E-state index contributed by atoms with van der Waals surface area (Å²) in [5.74, 6) is -1.68. The maximum Gasteiger partial charge on any atom is 0.353 e. The molecule has 0 aliphatic carbocycles. The van der Waals surface area contributed by atoms with Gasteiger partial charge in [0, 0.05) is 60.5 Å². The molecule has 0 aromatic carbocycles. The lowest BCUT2D eigenvalue weighted by molar-refractivity contribution is -0.157. The number of carboxylic acids is 1. The van der Waals surface area contributed by atoms with Crippen molar-refractivity contribution in [2.24, 2.45) is 17.6 Å². The Bertz CT molecular complexity index is 866. The smallest absolute Gasteiger partial charge is 0.353 e. The van der Waals surface area contributed by atoms with Crippen molar-refractivity contribution in [1.82, 2.24) is 20.4 Å². The van der Waals surface area contributed by atoms with E-state index < -0.39 is 5.97 Å². The molecular formula is C21H32IN5O5S. The molecule has 3 aliphatic rings. The van der Waals surface area contributed by atoms with E-state index >= 15 is 0 Å². The van der Waals surface area contributed by atoms with Gasteiger partial charge in [0.05, 0.1) is 30.3 Å². The molecule has 0 radical (unpaired) electrons. The molecule has 10 nitrogen and oxygen atoms in total. The Morgan fingerprint density at radius 2 is 2.18 bits per heavy atom. The quantitative estimate of drug-likeness (QED) is 0.159. The lowest BCUT2D eigenvalue weighted by atomic mass is 9.78. The van der Waals surface area contributed by atoms with E-state index in [0.717, 1.165) is 4.91 Å². The zero-order valence-electron chi connectivity index (χ0n) is 19.2. The maximum absolute atomic E-state index is 13.1. The lowest BCUT2D eigenvalue weighted by Gasteiger charge is -2.48. The molecule has 0 bridgehead atoms. The molecule has 12 heteroatoms. The SMILES string of the molecule is COC/C(N)=C/NC(C)C1C(=O)N2C(C(=O)O)=C(SC3CNC(C(=O)N(C)C)C3)[C@H](CI)C12. The van der Waals surface area contributed by atoms with E-state index in [-0.39, 0.29) is 59.3 Å². The third-order valence-corrected chi connectivity index (χ3v) is 8.68. The van der Waals surface area contributed by atoms with Gasteiger partial charge < -0.3 is 36.0 Å². The van der Waals surface area contributed by atoms with E-state index in [9.17, 15) is 19.5 Å². The number of carbonyl (C=O) groups excluding carboxylic acids is 2. The molecule has 3 heterocycles. The standard InChI is InChI=1S/C21H32IN5O5S/c1-10(24-7-11(23)9-32-4)15-16-13(6-22)18(17(21(30)31)27(16)20(15)29)33-12-5-14(25-8-12)19(28)26(2)3/h7,10,12-16,24-25H,5-6,8-9,23H2,1-4H3,(H,30,31)/b11-7-/t10?,12?,13-,14?,15?,16?/m1/s1. The fourth-order valence-corrected chi connectivity index (χ4v) is 7.50. The first-order chi connectivity index (χ1) is 15.6. The first kappa shape index (κ1) is 26.1. The van der Waals surface area contributed by atoms with E-state index in [1.54, 1.807) is 32.3 Å². The van der Waals surface area contributed by atoms with Crippen LogP contribution in [0.25, 0.3) is 0 Å². The van der Waals surface area contributed by atoms with Gasteiger partial charge in [-0.15, -0.1) is 11.8 Å². The molecule has 184 valence electrons. The van der Waals surface area contributed by atoms with Crippen molar-refractivity contribution in [2.75, 3.05) is 38.8 Å². The summed E-state index contributed by atoms with van der Waals surface area (Å²) in [5, 5.41) is 16.5. The number of rotatable bonds is 10. The van der Waals surface area contributed by atoms with Gasteiger partial charge >= 0.3 is 5.97 Å². The Morgan fingerprint density at radius 1 is 1.48 bits per heavy atom. The van der Waals surface area contributed by atoms with E-state index in [4.69, 9.17) is 10.5 Å². The van der Waals surface area contributed by atoms with Crippen LogP contribution >= 0.6 is 34.4 Å². The van der Waals surface area contributed by atoms with E-state index in [0.29, 0.717) is 23.1 Å². The summed E-state index contributed by atoms with van der Waals surface area (Å²) in [4.78, 5) is 41.4. The van der Waals surface area contributed by atoms with Gasteiger partial charge in [-0.05, 0) is 13.3 Å². The average Bonchev–Trinajstić information content (AvgIpc) is 3.33. The minimum absolute atomic E-state index is 0.0159. The Hall–Kier alpha value is -1.51. The van der Waals surface area contributed by atoms with Gasteiger partial charge in [0.25, 0.3) is 0 Å². The van der Waals surface area contributed by atoms with Gasteiger partial charge in [-0.25, -0.2) is 4.79 Å². The highest BCUT2D eigenvalue weighted by Gasteiger charge is 2.61. The van der Waals surface area contributed by atoms with E-state index in [1.165, 1.54) is 16.7 Å². The van der Waals surface area contributed by atoms with E-state index in [2.05, 4.69) is 33.2 Å². The zero-order valence-corrected chi connectivity index (χ0v) is 22.2. The molecule has 0 aromatic rings. The number of thioether (sulfide) groups is 1. The number of amides is 2. The van der Waals surface area contributed by atoms with Crippen molar-refractivity contribution in [3.05, 3.63) is 22.5 Å². The van der Waals surface area contributed by atoms with Gasteiger partial charge in [-0.1, -0.05) is 22.6 Å². The summed E-state index contributed by atoms with van der Waals surface area (Å²) >= 11 is 3.77. The van der Waals surface area contributed by atoms with Crippen LogP contribution in [-0.4, -0.2) is 94.8 Å². The summed E-state index contributed by atoms with van der Waals surface area (Å²) in [7, 11) is 5.00. The Labute approximate surface area is 211 Å². The first-order valence-corrected chi connectivity index (χ1v) is 13.2. The van der Waals surface area contributed by atoms with Crippen molar-refractivity contribution < 1.29 is 24.2 Å². The second-order valence-corrected chi connectivity index (χ2v) is 11.0. The number of hydrogen-bond acceptors (Lipinski definition) is 8. The third-order valence-electron chi connectivity index (χ3n) is 6.29. The van der Waals surface area contributed by atoms with Crippen molar-refractivity contribution in [1.29, 1.82) is 0 Å². The first-order valence-electron chi connectivity index (χ1n) is 10.8. The summed E-state index contributed by atoms with van der Waals surface area (Å²) in [6.07, 6.45) is 2.26. The number of carbonyl (C=O) groups is 3. The highest BCUT2D eigenvalue weighted by Crippen LogP contribution is 2.52. The summed E-state index contributed by atoms with van der Waals surface area (Å²) in [6, 6.07) is -0.698. The number of carboxylic acid groups (broad SMARTS) is 1. The van der Waals surface area contributed by atoms with Gasteiger partial charge in [0.2, 0.25) is 11.8 Å². The fraction of sp³-hybridized carbons (Fsp3) is 0.667. The molecule has 5 N–H and O–H groups in total. The van der Waals surface area contributed by atoms with Gasteiger partial charge in [0.1, 0.15) is 5.70 Å². The van der Waals surface area contributed by atoms with Crippen molar-refractivity contribution in [2.45, 2.75) is 36.7 Å². The second-order valence-electron chi connectivity index (χ2n) is 8.78. The van der Waals surface area contributed by atoms with Crippen molar-refractivity contribution >= 4 is 52.1 Å². The van der Waals surface area contributed by atoms with Crippen molar-refractivity contribution in [3.63, 3.8) is 0 Å². The van der Waals surface area contributed by atoms with Gasteiger partial charge in [-0.3, -0.25) is 9.59 Å². The largest absolute Gasteiger partial charge is 0.477 e. The molecule has 2 fully saturated rings. The Balaban J connectivity index is 1.77. The number of nitrogens with zero attached hydrogens (tertiary/aromatic N) is 2. The number of nitrogens with two attached hydrogens (primary N) is 1. The van der Waals surface area contributed by atoms with Crippen LogP contribution in [0.5, 0.6) is 0 Å². The molecule has 0 aromatic heterocycles. The van der Waals surface area contributed by atoms with Gasteiger partial charge in [-0.2, -0.15) is 0 Å². The predicted molar refractivity (Wildman–Crippen MR) is 134 cm³/mol. The summed E-state index contributed by atoms with van der Waals surface area (Å²) in [6.45, 7) is 2.80. The summed E-state index contributed by atoms with van der Waals surface area (Å²) < 4.78 is 5.69. The average molecular weight is 593 g/mol. The Kier molecular flexibility index (Phi) is 8.56. The third kappa shape index (κ3) is 5.13. The van der Waals surface area contributed by atoms with Crippen molar-refractivity contribution in [3.8, 4) is 0 Å². The fourth-order valence-electron chi connectivity index (χ4n) is 4.72. The number of aliphatic carboxylic acids is 1. The maximum atomic E-state index is 13.1. The number of fused-ring (bicyclic) bond motifs is 1. The minimum Gasteiger partial charge on any atom is -0.477 e. The monoisotopic (exact) mass is 593 g/mol. The van der Waals surface area contributed by atoms with Crippen LogP contribution in [0.3, 0.4) is 0 Å². The number of methoxy groups -OCH3 is 1. The minimum atomic E-state index is -1.08. The molecule has 33 heavy (non-hydrogen) atoms. The number of likely N-dealkylation sites (N-methyl/N-ethyl adjacent to an activating group) is 1. The second kappa shape index (κ2) is 10.8. The number of β-lactam (4-membered cyclic amide) rings is 1. The Morgan fingerprint density at radius 3 is 2.76 bits per heavy atom. The van der Waals surface area contributed by atoms with Crippen LogP contribution in [0.4, 0.5) is 0 Å². The van der Waals surface area contributed by atoms with Crippen LogP contribution in [0, 0.1) is 11.8 Å². The molecule has 3 aliphatic heterocycles. The number of alkyl halides is 1. The molecule has 6 atom stereocenters. The molecule has 0 spiro atoms.